The van der Waals surface area contributed by atoms with Crippen LogP contribution in [0.4, 0.5) is 0 Å². The highest BCUT2D eigenvalue weighted by molar-refractivity contribution is 4.85. The first-order chi connectivity index (χ1) is 8.40. The van der Waals surface area contributed by atoms with E-state index in [9.17, 15) is 0 Å². The minimum Gasteiger partial charge on any atom is -0.315 e. The van der Waals surface area contributed by atoms with E-state index in [2.05, 4.69) is 22.0 Å². The molecule has 0 aromatic rings. The molecule has 0 aromatic carbocycles. The first kappa shape index (κ1) is 13.3. The molecule has 0 aromatic heterocycles. The topological polar surface area (TPSA) is 18.5 Å². The van der Waals surface area contributed by atoms with E-state index in [0.29, 0.717) is 0 Å². The van der Waals surface area contributed by atoms with Gasteiger partial charge in [0.15, 0.2) is 0 Å². The minimum atomic E-state index is 0.937. The highest BCUT2D eigenvalue weighted by atomic mass is 15.2. The van der Waals surface area contributed by atoms with E-state index < -0.39 is 0 Å². The maximum atomic E-state index is 3.48. The third kappa shape index (κ3) is 4.94. The van der Waals surface area contributed by atoms with Gasteiger partial charge >= 0.3 is 0 Å². The average Bonchev–Trinajstić information content (AvgIpc) is 3.16. The third-order valence-electron chi connectivity index (χ3n) is 4.00. The summed E-state index contributed by atoms with van der Waals surface area (Å²) in [6.45, 7) is 11.1. The first-order valence-electron chi connectivity index (χ1n) is 7.57. The Morgan fingerprint density at radius 2 is 2.06 bits per heavy atom. The van der Waals surface area contributed by atoms with Gasteiger partial charge < -0.3 is 10.2 Å². The van der Waals surface area contributed by atoms with Crippen LogP contribution in [-0.4, -0.2) is 61.7 Å². The van der Waals surface area contributed by atoms with Crippen molar-refractivity contribution in [3.8, 4) is 0 Å². The predicted octanol–water partition coefficient (Wildman–Crippen LogP) is 1.55. The maximum absolute atomic E-state index is 3.48. The molecule has 1 aliphatic heterocycles. The molecule has 3 nitrogen and oxygen atoms in total. The molecule has 1 N–H and O–H groups in total. The van der Waals surface area contributed by atoms with E-state index in [1.165, 1.54) is 77.9 Å². The molecule has 2 rings (SSSR count). The number of nitrogens with one attached hydrogen (secondary N) is 1. The van der Waals surface area contributed by atoms with E-state index in [1.54, 1.807) is 0 Å². The monoisotopic (exact) mass is 239 g/mol. The fraction of sp³-hybridized carbons (Fsp3) is 1.00. The van der Waals surface area contributed by atoms with E-state index >= 15 is 0 Å². The molecular formula is C14H29N3. The van der Waals surface area contributed by atoms with Gasteiger partial charge in [-0.1, -0.05) is 13.3 Å². The van der Waals surface area contributed by atoms with E-state index in [4.69, 9.17) is 0 Å². The summed E-state index contributed by atoms with van der Waals surface area (Å²) in [5, 5.41) is 3.48. The maximum Gasteiger partial charge on any atom is 0.0112 e. The number of rotatable bonds is 7. The summed E-state index contributed by atoms with van der Waals surface area (Å²) >= 11 is 0. The van der Waals surface area contributed by atoms with Gasteiger partial charge in [-0.15, -0.1) is 0 Å². The second-order valence-corrected chi connectivity index (χ2v) is 5.57. The van der Waals surface area contributed by atoms with Crippen molar-refractivity contribution < 1.29 is 0 Å². The molecule has 1 aliphatic carbocycles. The second kappa shape index (κ2) is 7.34. The normalized spacial score (nSPS) is 22.9. The lowest BCUT2D eigenvalue weighted by molar-refractivity contribution is 0.201. The van der Waals surface area contributed by atoms with Gasteiger partial charge in [0.25, 0.3) is 0 Å². The lowest BCUT2D eigenvalue weighted by Crippen LogP contribution is -2.38. The van der Waals surface area contributed by atoms with Crippen LogP contribution in [-0.2, 0) is 0 Å². The van der Waals surface area contributed by atoms with Crippen molar-refractivity contribution >= 4 is 0 Å². The molecule has 0 bridgehead atoms. The highest BCUT2D eigenvalue weighted by Gasteiger charge is 2.28. The third-order valence-corrected chi connectivity index (χ3v) is 4.00. The summed E-state index contributed by atoms with van der Waals surface area (Å²) in [6.07, 6.45) is 6.92. The molecule has 0 atom stereocenters. The Bertz CT molecular complexity index is 196. The first-order valence-corrected chi connectivity index (χ1v) is 7.57. The molecule has 0 radical (unpaired) electrons. The van der Waals surface area contributed by atoms with Crippen LogP contribution in [0, 0.1) is 0 Å². The summed E-state index contributed by atoms with van der Waals surface area (Å²) in [6, 6.07) is 0.937. The van der Waals surface area contributed by atoms with Gasteiger partial charge in [-0.3, -0.25) is 4.90 Å². The molecule has 1 saturated carbocycles. The van der Waals surface area contributed by atoms with Crippen LogP contribution in [0.5, 0.6) is 0 Å². The average molecular weight is 239 g/mol. The molecule has 100 valence electrons. The lowest BCUT2D eigenvalue weighted by atomic mass is 10.3. The van der Waals surface area contributed by atoms with Crippen molar-refractivity contribution in [3.63, 3.8) is 0 Å². The molecule has 0 amide bonds. The van der Waals surface area contributed by atoms with Crippen molar-refractivity contribution in [2.24, 2.45) is 0 Å². The molecule has 1 heterocycles. The van der Waals surface area contributed by atoms with Crippen LogP contribution in [0.3, 0.4) is 0 Å². The smallest absolute Gasteiger partial charge is 0.0112 e. The van der Waals surface area contributed by atoms with Crippen LogP contribution in [0.25, 0.3) is 0 Å². The molecule has 0 unspecified atom stereocenters. The van der Waals surface area contributed by atoms with Crippen LogP contribution >= 0.6 is 0 Å². The molecule has 1 saturated heterocycles. The van der Waals surface area contributed by atoms with Gasteiger partial charge in [0.05, 0.1) is 0 Å². The second-order valence-electron chi connectivity index (χ2n) is 5.57. The number of hydrogen-bond donors (Lipinski definition) is 1. The van der Waals surface area contributed by atoms with Gasteiger partial charge in [0, 0.05) is 32.2 Å². The molecular weight excluding hydrogens is 210 g/mol. The molecule has 17 heavy (non-hydrogen) atoms. The Morgan fingerprint density at radius 3 is 2.82 bits per heavy atom. The van der Waals surface area contributed by atoms with Crippen molar-refractivity contribution in [3.05, 3.63) is 0 Å². The summed E-state index contributed by atoms with van der Waals surface area (Å²) in [5.74, 6) is 0. The van der Waals surface area contributed by atoms with Crippen LogP contribution in [0.1, 0.15) is 39.0 Å². The predicted molar refractivity (Wildman–Crippen MR) is 73.4 cm³/mol. The van der Waals surface area contributed by atoms with E-state index in [0.717, 1.165) is 6.04 Å². The van der Waals surface area contributed by atoms with Gasteiger partial charge in [-0.05, 0) is 45.3 Å². The fourth-order valence-electron chi connectivity index (χ4n) is 2.67. The quantitative estimate of drug-likeness (QED) is 0.727. The zero-order valence-corrected chi connectivity index (χ0v) is 11.5. The van der Waals surface area contributed by atoms with Crippen LogP contribution in [0.2, 0.25) is 0 Å². The van der Waals surface area contributed by atoms with Gasteiger partial charge in [0.2, 0.25) is 0 Å². The molecule has 3 heteroatoms. The summed E-state index contributed by atoms with van der Waals surface area (Å²) < 4.78 is 0. The lowest BCUT2D eigenvalue weighted by Gasteiger charge is -2.26. The molecule has 2 fully saturated rings. The standard InChI is InChI=1S/C14H29N3/c1-2-3-10-17(14-5-6-14)13-12-16-9-4-7-15-8-11-16/h14-15H,2-13H2,1H3. The Morgan fingerprint density at radius 1 is 1.18 bits per heavy atom. The fourth-order valence-corrected chi connectivity index (χ4v) is 2.67. The van der Waals surface area contributed by atoms with Crippen molar-refractivity contribution in [1.82, 2.24) is 15.1 Å². The van der Waals surface area contributed by atoms with Gasteiger partial charge in [0.1, 0.15) is 0 Å². The minimum absolute atomic E-state index is 0.937. The van der Waals surface area contributed by atoms with Gasteiger partial charge in [-0.2, -0.15) is 0 Å². The number of unbranched alkanes of at least 4 members (excludes halogenated alkanes) is 1. The largest absolute Gasteiger partial charge is 0.315 e. The molecule has 0 spiro atoms. The zero-order valence-electron chi connectivity index (χ0n) is 11.5. The van der Waals surface area contributed by atoms with Gasteiger partial charge in [-0.25, -0.2) is 0 Å². The Balaban J connectivity index is 1.66. The summed E-state index contributed by atoms with van der Waals surface area (Å²) in [7, 11) is 0. The Hall–Kier alpha value is -0.120. The van der Waals surface area contributed by atoms with Crippen LogP contribution in [0.15, 0.2) is 0 Å². The van der Waals surface area contributed by atoms with Crippen LogP contribution < -0.4 is 5.32 Å². The molecule has 2 aliphatic rings. The number of nitrogens with zero attached hydrogens (tertiary/aromatic N) is 2. The van der Waals surface area contributed by atoms with E-state index in [-0.39, 0.29) is 0 Å². The SMILES string of the molecule is CCCCN(CCN1CCCNCC1)C1CC1. The van der Waals surface area contributed by atoms with Crippen molar-refractivity contribution in [1.29, 1.82) is 0 Å². The van der Waals surface area contributed by atoms with Crippen molar-refractivity contribution in [2.45, 2.75) is 45.1 Å². The highest BCUT2D eigenvalue weighted by Crippen LogP contribution is 2.26. The summed E-state index contributed by atoms with van der Waals surface area (Å²) in [4.78, 5) is 5.38. The summed E-state index contributed by atoms with van der Waals surface area (Å²) in [5.41, 5.74) is 0. The van der Waals surface area contributed by atoms with Crippen molar-refractivity contribution in [2.75, 3.05) is 45.8 Å². The van der Waals surface area contributed by atoms with E-state index in [1.807, 2.05) is 0 Å². The number of hydrogen-bond acceptors (Lipinski definition) is 3. The Labute approximate surface area is 107 Å². The zero-order chi connectivity index (χ0) is 11.9. The Kier molecular flexibility index (Phi) is 5.75.